The largest absolute Gasteiger partial charge is 0.497 e. The summed E-state index contributed by atoms with van der Waals surface area (Å²) in [5.74, 6) is 2.48. The first-order valence-corrected chi connectivity index (χ1v) is 12.5. The number of hydrogen-bond donors (Lipinski definition) is 1. The second-order valence-electron chi connectivity index (χ2n) is 10.6. The molecule has 1 heterocycles. The van der Waals surface area contributed by atoms with Crippen LogP contribution in [0.25, 0.3) is 11.3 Å². The summed E-state index contributed by atoms with van der Waals surface area (Å²) in [5, 5.41) is 15.6. The highest BCUT2D eigenvalue weighted by Gasteiger charge is 2.24. The Kier molecular flexibility index (Phi) is 9.54. The fourth-order valence-electron chi connectivity index (χ4n) is 4.07. The molecule has 1 atom stereocenters. The van der Waals surface area contributed by atoms with Gasteiger partial charge in [-0.05, 0) is 38.8 Å². The highest BCUT2D eigenvalue weighted by atomic mass is 16.5. The quantitative estimate of drug-likeness (QED) is 0.357. The molecule has 0 aliphatic heterocycles. The van der Waals surface area contributed by atoms with Crippen LogP contribution in [-0.4, -0.2) is 58.3 Å². The van der Waals surface area contributed by atoms with Gasteiger partial charge in [0.1, 0.15) is 17.2 Å². The molecule has 7 heteroatoms. The molecule has 196 valence electrons. The number of ether oxygens (including phenoxy) is 3. The van der Waals surface area contributed by atoms with Gasteiger partial charge in [0.25, 0.3) is 0 Å². The molecule has 0 bridgehead atoms. The fraction of sp³-hybridized carbons (Fsp3) is 0.483. The zero-order valence-electron chi connectivity index (χ0n) is 22.7. The number of aryl methyl sites for hydroxylation is 1. The Morgan fingerprint density at radius 3 is 2.33 bits per heavy atom. The number of methoxy groups -OCH3 is 1. The van der Waals surface area contributed by atoms with Crippen LogP contribution in [0.5, 0.6) is 17.4 Å². The van der Waals surface area contributed by atoms with E-state index in [1.807, 2.05) is 70.3 Å². The van der Waals surface area contributed by atoms with E-state index in [1.54, 1.807) is 11.8 Å². The highest BCUT2D eigenvalue weighted by Crippen LogP contribution is 2.35. The molecule has 1 aromatic heterocycles. The van der Waals surface area contributed by atoms with E-state index < -0.39 is 6.10 Å². The average molecular weight is 496 g/mol. The van der Waals surface area contributed by atoms with Gasteiger partial charge in [-0.25, -0.2) is 4.68 Å². The van der Waals surface area contributed by atoms with Crippen molar-refractivity contribution in [3.05, 3.63) is 60.2 Å². The van der Waals surface area contributed by atoms with Crippen LogP contribution < -0.4 is 9.47 Å². The predicted octanol–water partition coefficient (Wildman–Crippen LogP) is 5.52. The molecule has 3 aromatic rings. The van der Waals surface area contributed by atoms with Gasteiger partial charge in [0.2, 0.25) is 5.88 Å². The van der Waals surface area contributed by atoms with Crippen LogP contribution in [0.15, 0.2) is 54.6 Å². The van der Waals surface area contributed by atoms with Crippen LogP contribution >= 0.6 is 0 Å². The second-order valence-corrected chi connectivity index (χ2v) is 10.6. The number of rotatable bonds is 12. The summed E-state index contributed by atoms with van der Waals surface area (Å²) < 4.78 is 19.4. The Labute approximate surface area is 215 Å². The van der Waals surface area contributed by atoms with Crippen LogP contribution in [0, 0.1) is 5.92 Å². The number of benzene rings is 2. The van der Waals surface area contributed by atoms with Gasteiger partial charge in [-0.15, -0.1) is 0 Å². The maximum Gasteiger partial charge on any atom is 0.222 e. The summed E-state index contributed by atoms with van der Waals surface area (Å²) in [6.07, 6.45) is -0.609. The van der Waals surface area contributed by atoms with E-state index in [0.717, 1.165) is 29.1 Å². The first-order chi connectivity index (χ1) is 17.1. The molecule has 36 heavy (non-hydrogen) atoms. The van der Waals surface area contributed by atoms with Crippen molar-refractivity contribution in [2.24, 2.45) is 13.0 Å². The van der Waals surface area contributed by atoms with Gasteiger partial charge in [0.05, 0.1) is 31.0 Å². The highest BCUT2D eigenvalue weighted by molar-refractivity contribution is 5.65. The van der Waals surface area contributed by atoms with Crippen molar-refractivity contribution in [1.29, 1.82) is 0 Å². The lowest BCUT2D eigenvalue weighted by Gasteiger charge is -2.28. The summed E-state index contributed by atoms with van der Waals surface area (Å²) in [6.45, 7) is 12.5. The van der Waals surface area contributed by atoms with Gasteiger partial charge in [0, 0.05) is 38.3 Å². The summed E-state index contributed by atoms with van der Waals surface area (Å²) in [6, 6.07) is 17.7. The minimum Gasteiger partial charge on any atom is -0.497 e. The molecule has 0 aliphatic carbocycles. The molecule has 0 saturated carbocycles. The van der Waals surface area contributed by atoms with Crippen LogP contribution in [0.1, 0.15) is 40.2 Å². The lowest BCUT2D eigenvalue weighted by molar-refractivity contribution is -0.0573. The second kappa shape index (κ2) is 12.4. The molecule has 2 aromatic carbocycles. The van der Waals surface area contributed by atoms with E-state index in [2.05, 4.69) is 30.9 Å². The third kappa shape index (κ3) is 8.08. The standard InChI is InChI=1S/C29H41N3O4/c1-21(2)17-32(18-23(33)20-35-29(3,4)5)19-26-27(22-12-9-8-10-13-22)30-31(6)28(26)36-25-15-11-14-24(16-25)34-7/h8-16,21,23,33H,17-20H2,1-7H3. The van der Waals surface area contributed by atoms with Crippen LogP contribution in [-0.2, 0) is 18.3 Å². The summed E-state index contributed by atoms with van der Waals surface area (Å²) in [4.78, 5) is 2.25. The number of nitrogens with zero attached hydrogens (tertiary/aromatic N) is 3. The zero-order valence-corrected chi connectivity index (χ0v) is 22.7. The predicted molar refractivity (Wildman–Crippen MR) is 144 cm³/mol. The number of aromatic nitrogens is 2. The molecule has 1 unspecified atom stereocenters. The average Bonchev–Trinajstić information content (AvgIpc) is 3.12. The van der Waals surface area contributed by atoms with E-state index in [0.29, 0.717) is 30.6 Å². The summed E-state index contributed by atoms with van der Waals surface area (Å²) in [7, 11) is 3.53. The first kappa shape index (κ1) is 27.7. The molecule has 7 nitrogen and oxygen atoms in total. The molecule has 0 fully saturated rings. The third-order valence-electron chi connectivity index (χ3n) is 5.57. The van der Waals surface area contributed by atoms with Crippen molar-refractivity contribution < 1.29 is 19.3 Å². The van der Waals surface area contributed by atoms with E-state index in [9.17, 15) is 5.11 Å². The molecule has 0 amide bonds. The topological polar surface area (TPSA) is 69.0 Å². The monoisotopic (exact) mass is 495 g/mol. The lowest BCUT2D eigenvalue weighted by atomic mass is 10.1. The Balaban J connectivity index is 1.95. The molecular formula is C29H41N3O4. The van der Waals surface area contributed by atoms with Crippen molar-refractivity contribution in [3.8, 4) is 28.6 Å². The molecule has 3 rings (SSSR count). The van der Waals surface area contributed by atoms with Crippen molar-refractivity contribution in [1.82, 2.24) is 14.7 Å². The maximum absolute atomic E-state index is 10.8. The normalized spacial score (nSPS) is 12.8. The van der Waals surface area contributed by atoms with E-state index in [1.165, 1.54) is 0 Å². The van der Waals surface area contributed by atoms with E-state index in [4.69, 9.17) is 19.3 Å². The van der Waals surface area contributed by atoms with Crippen LogP contribution in [0.4, 0.5) is 0 Å². The first-order valence-electron chi connectivity index (χ1n) is 12.5. The minimum absolute atomic E-state index is 0.282. The van der Waals surface area contributed by atoms with Gasteiger partial charge < -0.3 is 19.3 Å². The van der Waals surface area contributed by atoms with Gasteiger partial charge in [-0.1, -0.05) is 50.2 Å². The number of aliphatic hydroxyl groups excluding tert-OH is 1. The molecule has 0 aliphatic rings. The molecule has 0 saturated heterocycles. The Morgan fingerprint density at radius 2 is 1.69 bits per heavy atom. The smallest absolute Gasteiger partial charge is 0.222 e. The van der Waals surface area contributed by atoms with Gasteiger partial charge in [-0.2, -0.15) is 5.10 Å². The van der Waals surface area contributed by atoms with E-state index in [-0.39, 0.29) is 12.2 Å². The maximum atomic E-state index is 10.8. The minimum atomic E-state index is -0.609. The van der Waals surface area contributed by atoms with Crippen molar-refractivity contribution in [2.75, 3.05) is 26.8 Å². The molecular weight excluding hydrogens is 454 g/mol. The van der Waals surface area contributed by atoms with Crippen LogP contribution in [0.3, 0.4) is 0 Å². The van der Waals surface area contributed by atoms with Crippen molar-refractivity contribution in [3.63, 3.8) is 0 Å². The summed E-state index contributed by atoms with van der Waals surface area (Å²) >= 11 is 0. The van der Waals surface area contributed by atoms with E-state index >= 15 is 0 Å². The Hall–Kier alpha value is -2.87. The summed E-state index contributed by atoms with van der Waals surface area (Å²) in [5.41, 5.74) is 2.55. The Morgan fingerprint density at radius 1 is 1.00 bits per heavy atom. The van der Waals surface area contributed by atoms with Gasteiger partial charge in [-0.3, -0.25) is 4.90 Å². The SMILES string of the molecule is COc1cccc(Oc2c(CN(CC(C)C)CC(O)COC(C)(C)C)c(-c3ccccc3)nn2C)c1. The molecule has 0 radical (unpaired) electrons. The van der Waals surface area contributed by atoms with Gasteiger partial charge in [0.15, 0.2) is 0 Å². The third-order valence-corrected chi connectivity index (χ3v) is 5.57. The number of hydrogen-bond acceptors (Lipinski definition) is 6. The number of aliphatic hydroxyl groups is 1. The van der Waals surface area contributed by atoms with Crippen LogP contribution in [0.2, 0.25) is 0 Å². The Bertz CT molecular complexity index is 1090. The zero-order chi connectivity index (χ0) is 26.3. The lowest BCUT2D eigenvalue weighted by Crippen LogP contribution is -2.38. The van der Waals surface area contributed by atoms with Gasteiger partial charge >= 0.3 is 0 Å². The molecule has 1 N–H and O–H groups in total. The molecule has 0 spiro atoms. The van der Waals surface area contributed by atoms with Crippen molar-refractivity contribution >= 4 is 0 Å². The van der Waals surface area contributed by atoms with Crippen molar-refractivity contribution in [2.45, 2.75) is 52.9 Å². The fourth-order valence-corrected chi connectivity index (χ4v) is 4.07.